The Morgan fingerprint density at radius 3 is 2.52 bits per heavy atom. The number of aliphatic hydroxyl groups excluding tert-OH is 1. The number of hydrogen-bond donors (Lipinski definition) is 2. The third-order valence-electron chi connectivity index (χ3n) is 4.46. The Bertz CT molecular complexity index is 465. The van der Waals surface area contributed by atoms with Crippen LogP contribution in [0.2, 0.25) is 0 Å². The normalized spacial score (nSPS) is 26.8. The van der Waals surface area contributed by atoms with E-state index in [1.807, 2.05) is 0 Å². The molecule has 5 heteroatoms. The molecule has 0 saturated heterocycles. The highest BCUT2D eigenvalue weighted by Crippen LogP contribution is 2.32. The summed E-state index contributed by atoms with van der Waals surface area (Å²) >= 11 is 0. The molecular weight excluding hydrogens is 279 g/mol. The van der Waals surface area contributed by atoms with Gasteiger partial charge in [0.05, 0.1) is 12.2 Å². The van der Waals surface area contributed by atoms with Crippen molar-refractivity contribution < 1.29 is 18.3 Å². The predicted octanol–water partition coefficient (Wildman–Crippen LogP) is 3.74. The first-order valence-corrected chi connectivity index (χ1v) is 7.37. The van der Waals surface area contributed by atoms with Crippen LogP contribution in [0.3, 0.4) is 0 Å². The Labute approximate surface area is 123 Å². The fraction of sp³-hybridized carbons (Fsp3) is 0.625. The largest absolute Gasteiger partial charge is 0.416 e. The standard InChI is InChI=1S/C16H22F3NO/c1-12-5-7-15(11-21,8-6-12)20-10-13-3-2-4-14(9-13)16(17,18)19/h2-4,9,12,20-21H,5-8,10-11H2,1H3. The van der Waals surface area contributed by atoms with Gasteiger partial charge in [0.1, 0.15) is 0 Å². The monoisotopic (exact) mass is 301 g/mol. The van der Waals surface area contributed by atoms with Gasteiger partial charge in [-0.1, -0.05) is 25.1 Å². The van der Waals surface area contributed by atoms with Crippen molar-refractivity contribution in [3.63, 3.8) is 0 Å². The van der Waals surface area contributed by atoms with Crippen LogP contribution < -0.4 is 5.32 Å². The van der Waals surface area contributed by atoms with Gasteiger partial charge in [0.2, 0.25) is 0 Å². The first-order chi connectivity index (χ1) is 9.85. The molecule has 0 heterocycles. The van der Waals surface area contributed by atoms with Crippen LogP contribution in [0.5, 0.6) is 0 Å². The maximum Gasteiger partial charge on any atom is 0.416 e. The number of benzene rings is 1. The summed E-state index contributed by atoms with van der Waals surface area (Å²) in [7, 11) is 0. The SMILES string of the molecule is CC1CCC(CO)(NCc2cccc(C(F)(F)F)c2)CC1. The minimum Gasteiger partial charge on any atom is -0.394 e. The molecule has 2 nitrogen and oxygen atoms in total. The van der Waals surface area contributed by atoms with Crippen molar-refractivity contribution in [3.8, 4) is 0 Å². The maximum absolute atomic E-state index is 12.7. The number of halogens is 3. The minimum absolute atomic E-state index is 0.0265. The highest BCUT2D eigenvalue weighted by atomic mass is 19.4. The van der Waals surface area contributed by atoms with E-state index in [1.165, 1.54) is 12.1 Å². The average molecular weight is 301 g/mol. The molecule has 0 atom stereocenters. The van der Waals surface area contributed by atoms with E-state index in [0.717, 1.165) is 31.7 Å². The summed E-state index contributed by atoms with van der Waals surface area (Å²) in [5, 5.41) is 12.9. The Morgan fingerprint density at radius 1 is 1.29 bits per heavy atom. The highest BCUT2D eigenvalue weighted by molar-refractivity contribution is 5.25. The molecule has 0 aliphatic heterocycles. The lowest BCUT2D eigenvalue weighted by Gasteiger charge is -2.39. The fourth-order valence-electron chi connectivity index (χ4n) is 2.85. The quantitative estimate of drug-likeness (QED) is 0.888. The summed E-state index contributed by atoms with van der Waals surface area (Å²) in [4.78, 5) is 0. The fourth-order valence-corrected chi connectivity index (χ4v) is 2.85. The Kier molecular flexibility index (Phi) is 4.94. The summed E-state index contributed by atoms with van der Waals surface area (Å²) in [5.41, 5.74) is -0.380. The van der Waals surface area contributed by atoms with Gasteiger partial charge in [-0.15, -0.1) is 0 Å². The molecule has 0 aromatic heterocycles. The van der Waals surface area contributed by atoms with Crippen LogP contribution in [-0.2, 0) is 12.7 Å². The van der Waals surface area contributed by atoms with Gasteiger partial charge in [-0.25, -0.2) is 0 Å². The van der Waals surface area contributed by atoms with Crippen molar-refractivity contribution in [1.82, 2.24) is 5.32 Å². The lowest BCUT2D eigenvalue weighted by Crippen LogP contribution is -2.50. The first-order valence-electron chi connectivity index (χ1n) is 7.37. The Morgan fingerprint density at radius 2 is 1.95 bits per heavy atom. The van der Waals surface area contributed by atoms with Crippen LogP contribution in [0.25, 0.3) is 0 Å². The second-order valence-corrected chi connectivity index (χ2v) is 6.17. The summed E-state index contributed by atoms with van der Waals surface area (Å²) in [6.45, 7) is 2.56. The summed E-state index contributed by atoms with van der Waals surface area (Å²) in [6, 6.07) is 5.35. The highest BCUT2D eigenvalue weighted by Gasteiger charge is 2.33. The average Bonchev–Trinajstić information content (AvgIpc) is 2.47. The van der Waals surface area contributed by atoms with Gasteiger partial charge in [-0.3, -0.25) is 0 Å². The number of aliphatic hydroxyl groups is 1. The van der Waals surface area contributed by atoms with E-state index >= 15 is 0 Å². The predicted molar refractivity (Wildman–Crippen MR) is 75.7 cm³/mol. The molecule has 1 aliphatic rings. The van der Waals surface area contributed by atoms with Crippen LogP contribution in [0.15, 0.2) is 24.3 Å². The Balaban J connectivity index is 2.02. The molecule has 1 aromatic carbocycles. The van der Waals surface area contributed by atoms with Crippen LogP contribution in [0.4, 0.5) is 13.2 Å². The summed E-state index contributed by atoms with van der Waals surface area (Å²) in [5.74, 6) is 0.653. The van der Waals surface area contributed by atoms with E-state index < -0.39 is 11.7 Å². The lowest BCUT2D eigenvalue weighted by atomic mass is 9.77. The zero-order valence-corrected chi connectivity index (χ0v) is 12.2. The van der Waals surface area contributed by atoms with Crippen molar-refractivity contribution >= 4 is 0 Å². The van der Waals surface area contributed by atoms with Crippen LogP contribution in [0, 0.1) is 5.92 Å². The van der Waals surface area contributed by atoms with Crippen molar-refractivity contribution in [2.24, 2.45) is 5.92 Å². The molecule has 118 valence electrons. The van der Waals surface area contributed by atoms with Gasteiger partial charge in [-0.05, 0) is 43.2 Å². The van der Waals surface area contributed by atoms with E-state index in [0.29, 0.717) is 18.0 Å². The summed E-state index contributed by atoms with van der Waals surface area (Å²) < 4.78 is 38.1. The maximum atomic E-state index is 12.7. The zero-order valence-electron chi connectivity index (χ0n) is 12.2. The van der Waals surface area contributed by atoms with E-state index in [2.05, 4.69) is 12.2 Å². The van der Waals surface area contributed by atoms with Crippen molar-refractivity contribution in [1.29, 1.82) is 0 Å². The van der Waals surface area contributed by atoms with Crippen molar-refractivity contribution in [2.75, 3.05) is 6.61 Å². The molecule has 2 N–H and O–H groups in total. The molecule has 0 bridgehead atoms. The molecule has 1 saturated carbocycles. The molecule has 0 spiro atoms. The smallest absolute Gasteiger partial charge is 0.394 e. The third kappa shape index (κ3) is 4.20. The van der Waals surface area contributed by atoms with E-state index in [1.54, 1.807) is 6.07 Å². The number of nitrogens with one attached hydrogen (secondary N) is 1. The second kappa shape index (κ2) is 6.36. The Hall–Kier alpha value is -1.07. The van der Waals surface area contributed by atoms with Gasteiger partial charge >= 0.3 is 6.18 Å². The molecular formula is C16H22F3NO. The molecule has 0 radical (unpaired) electrons. The van der Waals surface area contributed by atoms with Gasteiger partial charge in [0, 0.05) is 12.1 Å². The minimum atomic E-state index is -4.31. The van der Waals surface area contributed by atoms with E-state index in [4.69, 9.17) is 0 Å². The second-order valence-electron chi connectivity index (χ2n) is 6.17. The van der Waals surface area contributed by atoms with Crippen molar-refractivity contribution in [3.05, 3.63) is 35.4 Å². The molecule has 1 fully saturated rings. The topological polar surface area (TPSA) is 32.3 Å². The van der Waals surface area contributed by atoms with Gasteiger partial charge in [-0.2, -0.15) is 13.2 Å². The zero-order chi connectivity index (χ0) is 15.5. The van der Waals surface area contributed by atoms with Gasteiger partial charge in [0.25, 0.3) is 0 Å². The number of hydrogen-bond acceptors (Lipinski definition) is 2. The van der Waals surface area contributed by atoms with Crippen molar-refractivity contribution in [2.45, 2.75) is 50.9 Å². The third-order valence-corrected chi connectivity index (χ3v) is 4.46. The number of rotatable bonds is 4. The summed E-state index contributed by atoms with van der Waals surface area (Å²) in [6.07, 6.45) is -0.509. The molecule has 0 unspecified atom stereocenters. The van der Waals surface area contributed by atoms with Gasteiger partial charge < -0.3 is 10.4 Å². The molecule has 2 rings (SSSR count). The van der Waals surface area contributed by atoms with Crippen LogP contribution in [0.1, 0.15) is 43.7 Å². The van der Waals surface area contributed by atoms with Crippen LogP contribution >= 0.6 is 0 Å². The lowest BCUT2D eigenvalue weighted by molar-refractivity contribution is -0.137. The molecule has 0 amide bonds. The molecule has 1 aliphatic carbocycles. The molecule has 21 heavy (non-hydrogen) atoms. The van der Waals surface area contributed by atoms with Crippen LogP contribution in [-0.4, -0.2) is 17.3 Å². The van der Waals surface area contributed by atoms with E-state index in [-0.39, 0.29) is 12.1 Å². The first kappa shape index (κ1) is 16.3. The molecule has 1 aromatic rings. The number of alkyl halides is 3. The van der Waals surface area contributed by atoms with E-state index in [9.17, 15) is 18.3 Å². The van der Waals surface area contributed by atoms with Gasteiger partial charge in [0.15, 0.2) is 0 Å².